The summed E-state index contributed by atoms with van der Waals surface area (Å²) < 4.78 is 0. The third-order valence-corrected chi connectivity index (χ3v) is 3.00. The Balaban J connectivity index is 1.98. The molecule has 0 amide bonds. The Morgan fingerprint density at radius 1 is 1.18 bits per heavy atom. The van der Waals surface area contributed by atoms with Crippen LogP contribution in [0, 0.1) is 0 Å². The summed E-state index contributed by atoms with van der Waals surface area (Å²) in [7, 11) is 0. The van der Waals surface area contributed by atoms with Crippen molar-refractivity contribution in [3.05, 3.63) is 42.2 Å². The molecule has 2 heteroatoms. The highest BCUT2D eigenvalue weighted by Crippen LogP contribution is 2.18. The highest BCUT2D eigenvalue weighted by molar-refractivity contribution is 5.84. The van der Waals surface area contributed by atoms with Crippen molar-refractivity contribution < 1.29 is 0 Å². The lowest BCUT2D eigenvalue weighted by molar-refractivity contribution is 0.641. The molecule has 2 nitrogen and oxygen atoms in total. The summed E-state index contributed by atoms with van der Waals surface area (Å²) in [5.41, 5.74) is 1.43. The average molecular weight is 228 g/mol. The van der Waals surface area contributed by atoms with Crippen molar-refractivity contribution in [3.8, 4) is 0 Å². The summed E-state index contributed by atoms with van der Waals surface area (Å²) >= 11 is 0. The van der Waals surface area contributed by atoms with Crippen LogP contribution in [0.1, 0.15) is 25.3 Å². The molecule has 1 aromatic carbocycles. The summed E-state index contributed by atoms with van der Waals surface area (Å²) in [6.45, 7) is 4.43. The van der Waals surface area contributed by atoms with E-state index in [-0.39, 0.29) is 0 Å². The first-order chi connectivity index (χ1) is 8.42. The number of hydrogen-bond donors (Lipinski definition) is 1. The first-order valence-electron chi connectivity index (χ1n) is 6.44. The van der Waals surface area contributed by atoms with Crippen LogP contribution in [-0.2, 0) is 6.42 Å². The maximum atomic E-state index is 4.16. The van der Waals surface area contributed by atoms with Crippen LogP contribution in [0.2, 0.25) is 0 Å². The van der Waals surface area contributed by atoms with Gasteiger partial charge in [0.05, 0.1) is 0 Å². The number of pyridine rings is 1. The molecule has 2 rings (SSSR count). The van der Waals surface area contributed by atoms with Gasteiger partial charge in [-0.05, 0) is 49.4 Å². The summed E-state index contributed by atoms with van der Waals surface area (Å²) in [5, 5.41) is 6.03. The number of benzene rings is 1. The van der Waals surface area contributed by atoms with Gasteiger partial charge in [0, 0.05) is 17.8 Å². The summed E-state index contributed by atoms with van der Waals surface area (Å²) in [6, 6.07) is 8.59. The van der Waals surface area contributed by atoms with E-state index in [4.69, 9.17) is 0 Å². The maximum Gasteiger partial charge on any atom is 0.0346 e. The molecule has 0 saturated carbocycles. The van der Waals surface area contributed by atoms with Gasteiger partial charge in [0.2, 0.25) is 0 Å². The normalized spacial score (nSPS) is 10.9. The Bertz CT molecular complexity index is 460. The standard InChI is InChI=1S/C15H20N2/c1-2-9-16-10-4-7-13-5-3-6-14-12-17-11-8-15(13)14/h3,5-6,8,11-12,16H,2,4,7,9-10H2,1H3. The van der Waals surface area contributed by atoms with Gasteiger partial charge in [-0.1, -0.05) is 25.1 Å². The van der Waals surface area contributed by atoms with Crippen molar-refractivity contribution in [1.82, 2.24) is 10.3 Å². The SMILES string of the molecule is CCCNCCCc1cccc2cnccc12. The zero-order valence-electron chi connectivity index (χ0n) is 10.4. The van der Waals surface area contributed by atoms with Crippen LogP contribution in [-0.4, -0.2) is 18.1 Å². The predicted octanol–water partition coefficient (Wildman–Crippen LogP) is 3.17. The Labute approximate surface area is 103 Å². The highest BCUT2D eigenvalue weighted by atomic mass is 14.8. The molecule has 0 unspecified atom stereocenters. The van der Waals surface area contributed by atoms with E-state index in [0.29, 0.717) is 0 Å². The molecule has 0 aliphatic rings. The molecule has 0 spiro atoms. The molecule has 0 fully saturated rings. The van der Waals surface area contributed by atoms with Crippen molar-refractivity contribution in [2.45, 2.75) is 26.2 Å². The molecule has 0 radical (unpaired) electrons. The second-order valence-corrected chi connectivity index (χ2v) is 4.37. The Kier molecular flexibility index (Phi) is 4.51. The minimum absolute atomic E-state index is 1.11. The Morgan fingerprint density at radius 3 is 3.00 bits per heavy atom. The quantitative estimate of drug-likeness (QED) is 0.768. The van der Waals surface area contributed by atoms with E-state index in [9.17, 15) is 0 Å². The first-order valence-corrected chi connectivity index (χ1v) is 6.44. The zero-order chi connectivity index (χ0) is 11.9. The minimum atomic E-state index is 1.11. The van der Waals surface area contributed by atoms with E-state index in [2.05, 4.69) is 41.5 Å². The summed E-state index contributed by atoms with van der Waals surface area (Å²) in [6.07, 6.45) is 7.36. The van der Waals surface area contributed by atoms with Crippen LogP contribution >= 0.6 is 0 Å². The number of rotatable bonds is 6. The molecule has 0 bridgehead atoms. The van der Waals surface area contributed by atoms with Crippen LogP contribution < -0.4 is 5.32 Å². The molecular weight excluding hydrogens is 208 g/mol. The fraction of sp³-hybridized carbons (Fsp3) is 0.400. The maximum absolute atomic E-state index is 4.16. The van der Waals surface area contributed by atoms with E-state index >= 15 is 0 Å². The largest absolute Gasteiger partial charge is 0.317 e. The first kappa shape index (κ1) is 12.1. The average Bonchev–Trinajstić information content (AvgIpc) is 2.39. The molecule has 17 heavy (non-hydrogen) atoms. The predicted molar refractivity (Wildman–Crippen MR) is 73.2 cm³/mol. The van der Waals surface area contributed by atoms with Gasteiger partial charge >= 0.3 is 0 Å². The number of aryl methyl sites for hydroxylation is 1. The number of fused-ring (bicyclic) bond motifs is 1. The van der Waals surface area contributed by atoms with E-state index in [1.165, 1.54) is 29.2 Å². The van der Waals surface area contributed by atoms with Crippen molar-refractivity contribution in [2.75, 3.05) is 13.1 Å². The van der Waals surface area contributed by atoms with Gasteiger partial charge in [-0.15, -0.1) is 0 Å². The Hall–Kier alpha value is -1.41. The molecule has 0 saturated heterocycles. The molecule has 1 aromatic heterocycles. The fourth-order valence-corrected chi connectivity index (χ4v) is 2.11. The molecule has 1 heterocycles. The van der Waals surface area contributed by atoms with E-state index in [1.807, 2.05) is 12.4 Å². The lowest BCUT2D eigenvalue weighted by atomic mass is 10.0. The van der Waals surface area contributed by atoms with Gasteiger partial charge in [-0.25, -0.2) is 0 Å². The lowest BCUT2D eigenvalue weighted by Crippen LogP contribution is -2.16. The van der Waals surface area contributed by atoms with E-state index in [1.54, 1.807) is 0 Å². The van der Waals surface area contributed by atoms with Gasteiger partial charge in [0.15, 0.2) is 0 Å². The second kappa shape index (κ2) is 6.36. The summed E-state index contributed by atoms with van der Waals surface area (Å²) in [4.78, 5) is 4.16. The topological polar surface area (TPSA) is 24.9 Å². The fourth-order valence-electron chi connectivity index (χ4n) is 2.11. The molecule has 0 aliphatic heterocycles. The molecule has 0 atom stereocenters. The molecule has 0 aliphatic carbocycles. The lowest BCUT2D eigenvalue weighted by Gasteiger charge is -2.06. The third kappa shape index (κ3) is 3.27. The van der Waals surface area contributed by atoms with Gasteiger partial charge in [-0.2, -0.15) is 0 Å². The van der Waals surface area contributed by atoms with E-state index in [0.717, 1.165) is 19.5 Å². The van der Waals surface area contributed by atoms with Gasteiger partial charge in [-0.3, -0.25) is 4.98 Å². The van der Waals surface area contributed by atoms with E-state index < -0.39 is 0 Å². The van der Waals surface area contributed by atoms with Crippen molar-refractivity contribution >= 4 is 10.8 Å². The molecule has 2 aromatic rings. The number of nitrogens with zero attached hydrogens (tertiary/aromatic N) is 1. The van der Waals surface area contributed by atoms with Crippen LogP contribution in [0.5, 0.6) is 0 Å². The highest BCUT2D eigenvalue weighted by Gasteiger charge is 1.99. The van der Waals surface area contributed by atoms with Crippen LogP contribution in [0.15, 0.2) is 36.7 Å². The van der Waals surface area contributed by atoms with Crippen molar-refractivity contribution in [2.24, 2.45) is 0 Å². The summed E-state index contributed by atoms with van der Waals surface area (Å²) in [5.74, 6) is 0. The van der Waals surface area contributed by atoms with Gasteiger partial charge in [0.25, 0.3) is 0 Å². The zero-order valence-corrected chi connectivity index (χ0v) is 10.4. The van der Waals surface area contributed by atoms with Gasteiger partial charge < -0.3 is 5.32 Å². The number of aromatic nitrogens is 1. The molecule has 1 N–H and O–H groups in total. The monoisotopic (exact) mass is 228 g/mol. The minimum Gasteiger partial charge on any atom is -0.317 e. The van der Waals surface area contributed by atoms with Crippen molar-refractivity contribution in [3.63, 3.8) is 0 Å². The smallest absolute Gasteiger partial charge is 0.0346 e. The van der Waals surface area contributed by atoms with Crippen LogP contribution in [0.25, 0.3) is 10.8 Å². The number of nitrogens with one attached hydrogen (secondary N) is 1. The molecule has 90 valence electrons. The molecular formula is C15H20N2. The van der Waals surface area contributed by atoms with Crippen LogP contribution in [0.4, 0.5) is 0 Å². The van der Waals surface area contributed by atoms with Crippen LogP contribution in [0.3, 0.4) is 0 Å². The number of hydrogen-bond acceptors (Lipinski definition) is 2. The Morgan fingerprint density at radius 2 is 2.12 bits per heavy atom. The second-order valence-electron chi connectivity index (χ2n) is 4.37. The van der Waals surface area contributed by atoms with Crippen molar-refractivity contribution in [1.29, 1.82) is 0 Å². The van der Waals surface area contributed by atoms with Gasteiger partial charge in [0.1, 0.15) is 0 Å². The third-order valence-electron chi connectivity index (χ3n) is 3.00.